The lowest BCUT2D eigenvalue weighted by Crippen LogP contribution is -2.47. The first-order chi connectivity index (χ1) is 14.3. The zero-order chi connectivity index (χ0) is 22.1. The van der Waals surface area contributed by atoms with E-state index in [4.69, 9.17) is 0 Å². The van der Waals surface area contributed by atoms with Crippen LogP contribution in [0.2, 0.25) is 0 Å². The Bertz CT molecular complexity index is 819. The van der Waals surface area contributed by atoms with Crippen LogP contribution in [0.25, 0.3) is 10.6 Å². The van der Waals surface area contributed by atoms with Crippen molar-refractivity contribution in [1.82, 2.24) is 15.5 Å². The molecule has 0 aliphatic rings. The largest absolute Gasteiger partial charge is 0.378 e. The minimum absolute atomic E-state index is 0.0195. The third kappa shape index (κ3) is 6.79. The summed E-state index contributed by atoms with van der Waals surface area (Å²) in [5.74, 6) is -0.312. The van der Waals surface area contributed by atoms with Crippen LogP contribution >= 0.6 is 11.3 Å². The number of unbranched alkanes of at least 4 members (excludes halogenated alkanes) is 2. The van der Waals surface area contributed by atoms with Gasteiger partial charge in [-0.2, -0.15) is 0 Å². The highest BCUT2D eigenvalue weighted by Gasteiger charge is 2.26. The van der Waals surface area contributed by atoms with E-state index in [0.29, 0.717) is 11.6 Å². The molecule has 1 aromatic heterocycles. The third-order valence-corrected chi connectivity index (χ3v) is 5.99. The van der Waals surface area contributed by atoms with Crippen molar-refractivity contribution >= 4 is 34.0 Å². The van der Waals surface area contributed by atoms with Crippen LogP contribution in [0.3, 0.4) is 0 Å². The van der Waals surface area contributed by atoms with E-state index in [2.05, 4.69) is 27.8 Å². The predicted octanol–water partition coefficient (Wildman–Crippen LogP) is 4.32. The summed E-state index contributed by atoms with van der Waals surface area (Å²) in [6, 6.07) is 7.42. The molecule has 0 saturated carbocycles. The van der Waals surface area contributed by atoms with Crippen LogP contribution in [0.4, 0.5) is 10.8 Å². The van der Waals surface area contributed by atoms with E-state index in [1.807, 2.05) is 57.1 Å². The second-order valence-electron chi connectivity index (χ2n) is 7.73. The van der Waals surface area contributed by atoms with E-state index in [1.54, 1.807) is 0 Å². The molecule has 7 nitrogen and oxygen atoms in total. The Balaban J connectivity index is 2.04. The molecule has 0 radical (unpaired) electrons. The number of nitrogens with one attached hydrogen (secondary N) is 2. The van der Waals surface area contributed by atoms with Gasteiger partial charge < -0.3 is 10.2 Å². The Morgan fingerprint density at radius 1 is 1.10 bits per heavy atom. The molecule has 30 heavy (non-hydrogen) atoms. The number of aromatic nitrogens is 2. The molecule has 2 unspecified atom stereocenters. The molecule has 0 aliphatic carbocycles. The predicted molar refractivity (Wildman–Crippen MR) is 124 cm³/mol. The summed E-state index contributed by atoms with van der Waals surface area (Å²) in [7, 11) is 3.98. The van der Waals surface area contributed by atoms with Crippen molar-refractivity contribution in [3.63, 3.8) is 0 Å². The highest BCUT2D eigenvalue weighted by molar-refractivity contribution is 7.18. The minimum atomic E-state index is -0.587. The fraction of sp³-hybridized carbons (Fsp3) is 0.545. The average molecular weight is 432 g/mol. The van der Waals surface area contributed by atoms with E-state index < -0.39 is 6.04 Å². The number of rotatable bonds is 11. The van der Waals surface area contributed by atoms with Gasteiger partial charge >= 0.3 is 0 Å². The van der Waals surface area contributed by atoms with Crippen LogP contribution in [-0.4, -0.2) is 42.1 Å². The van der Waals surface area contributed by atoms with Crippen LogP contribution in [0.1, 0.15) is 52.9 Å². The van der Waals surface area contributed by atoms with E-state index in [0.717, 1.165) is 41.9 Å². The smallest absolute Gasteiger partial charge is 0.249 e. The van der Waals surface area contributed by atoms with Crippen molar-refractivity contribution in [2.45, 2.75) is 58.9 Å². The van der Waals surface area contributed by atoms with E-state index in [9.17, 15) is 9.59 Å². The van der Waals surface area contributed by atoms with Gasteiger partial charge in [-0.15, -0.1) is 10.2 Å². The molecule has 1 heterocycles. The molecule has 0 spiro atoms. The molecule has 164 valence electrons. The lowest BCUT2D eigenvalue weighted by Gasteiger charge is -2.23. The first-order valence-electron chi connectivity index (χ1n) is 10.6. The van der Waals surface area contributed by atoms with E-state index in [1.165, 1.54) is 11.3 Å². The first kappa shape index (κ1) is 23.8. The second-order valence-corrected chi connectivity index (χ2v) is 8.71. The maximum absolute atomic E-state index is 12.9. The van der Waals surface area contributed by atoms with Gasteiger partial charge in [0.1, 0.15) is 11.0 Å². The molecule has 0 aliphatic heterocycles. The van der Waals surface area contributed by atoms with Gasteiger partial charge in [0.15, 0.2) is 0 Å². The average Bonchev–Trinajstić information content (AvgIpc) is 3.20. The highest BCUT2D eigenvalue weighted by Crippen LogP contribution is 2.28. The summed E-state index contributed by atoms with van der Waals surface area (Å²) >= 11 is 1.32. The maximum atomic E-state index is 12.9. The van der Waals surface area contributed by atoms with Crippen molar-refractivity contribution in [3.05, 3.63) is 24.3 Å². The highest BCUT2D eigenvalue weighted by atomic mass is 32.1. The van der Waals surface area contributed by atoms with Gasteiger partial charge in [-0.1, -0.05) is 51.4 Å². The van der Waals surface area contributed by atoms with Crippen molar-refractivity contribution in [1.29, 1.82) is 0 Å². The number of benzene rings is 1. The Morgan fingerprint density at radius 3 is 2.40 bits per heavy atom. The van der Waals surface area contributed by atoms with Gasteiger partial charge in [0.25, 0.3) is 0 Å². The topological polar surface area (TPSA) is 87.2 Å². The van der Waals surface area contributed by atoms with Gasteiger partial charge in [0, 0.05) is 31.8 Å². The second kappa shape index (κ2) is 11.6. The monoisotopic (exact) mass is 431 g/mol. The quantitative estimate of drug-likeness (QED) is 0.517. The van der Waals surface area contributed by atoms with Gasteiger partial charge in [-0.25, -0.2) is 0 Å². The Kier molecular flexibility index (Phi) is 9.23. The summed E-state index contributed by atoms with van der Waals surface area (Å²) in [6.45, 7) is 6.07. The van der Waals surface area contributed by atoms with Crippen LogP contribution in [-0.2, 0) is 9.59 Å². The molecule has 2 N–H and O–H groups in total. The van der Waals surface area contributed by atoms with Gasteiger partial charge in [-0.05, 0) is 36.6 Å². The fourth-order valence-corrected chi connectivity index (χ4v) is 3.71. The summed E-state index contributed by atoms with van der Waals surface area (Å²) < 4.78 is 0. The summed E-state index contributed by atoms with van der Waals surface area (Å²) in [4.78, 5) is 27.1. The normalized spacial score (nSPS) is 12.8. The number of hydrogen-bond acceptors (Lipinski definition) is 6. The number of carbonyl (C=O) groups is 2. The van der Waals surface area contributed by atoms with E-state index in [-0.39, 0.29) is 17.7 Å². The molecule has 0 fully saturated rings. The molecule has 2 amide bonds. The third-order valence-electron chi connectivity index (χ3n) is 5.11. The lowest BCUT2D eigenvalue weighted by atomic mass is 9.98. The van der Waals surface area contributed by atoms with E-state index >= 15 is 0 Å². The molecular formula is C22H33N5O2S. The van der Waals surface area contributed by atoms with Gasteiger partial charge in [0.05, 0.1) is 0 Å². The Hall–Kier alpha value is -2.48. The molecule has 8 heteroatoms. The molecule has 2 atom stereocenters. The maximum Gasteiger partial charge on any atom is 0.249 e. The van der Waals surface area contributed by atoms with Crippen LogP contribution in [0, 0.1) is 5.92 Å². The number of nitrogens with zero attached hydrogens (tertiary/aromatic N) is 3. The lowest BCUT2D eigenvalue weighted by molar-refractivity contribution is -0.127. The number of amides is 2. The SMILES string of the molecule is CCCCCC(=O)NC(C(=O)Nc1nnc(-c2ccc(N(C)C)cc2)s1)C(C)CC. The molecule has 0 bridgehead atoms. The summed E-state index contributed by atoms with van der Waals surface area (Å²) in [5, 5.41) is 15.2. The number of carbonyl (C=O) groups excluding carboxylic acids is 2. The standard InChI is InChI=1S/C22H33N5O2S/c1-6-8-9-10-18(28)23-19(15(3)7-2)20(29)24-22-26-25-21(30-22)16-11-13-17(14-12-16)27(4)5/h11-15,19H,6-10H2,1-5H3,(H,23,28)(H,24,26,29). The summed E-state index contributed by atoms with van der Waals surface area (Å²) in [5.41, 5.74) is 2.05. The van der Waals surface area contributed by atoms with Gasteiger partial charge in [-0.3, -0.25) is 14.9 Å². The van der Waals surface area contributed by atoms with Crippen molar-refractivity contribution < 1.29 is 9.59 Å². The van der Waals surface area contributed by atoms with Crippen LogP contribution < -0.4 is 15.5 Å². The fourth-order valence-electron chi connectivity index (χ4n) is 2.96. The zero-order valence-electron chi connectivity index (χ0n) is 18.6. The van der Waals surface area contributed by atoms with Crippen molar-refractivity contribution in [2.75, 3.05) is 24.3 Å². The van der Waals surface area contributed by atoms with Crippen LogP contribution in [0.5, 0.6) is 0 Å². The number of hydrogen-bond donors (Lipinski definition) is 2. The van der Waals surface area contributed by atoms with Crippen LogP contribution in [0.15, 0.2) is 24.3 Å². The molecular weight excluding hydrogens is 398 g/mol. The van der Waals surface area contributed by atoms with Gasteiger partial charge in [0.2, 0.25) is 16.9 Å². The molecule has 0 saturated heterocycles. The minimum Gasteiger partial charge on any atom is -0.378 e. The van der Waals surface area contributed by atoms with Crippen molar-refractivity contribution in [3.8, 4) is 10.6 Å². The number of anilines is 2. The zero-order valence-corrected chi connectivity index (χ0v) is 19.4. The first-order valence-corrected chi connectivity index (χ1v) is 11.4. The Morgan fingerprint density at radius 2 is 1.80 bits per heavy atom. The van der Waals surface area contributed by atoms with Crippen molar-refractivity contribution in [2.24, 2.45) is 5.92 Å². The molecule has 1 aromatic carbocycles. The molecule has 2 aromatic rings. The molecule has 2 rings (SSSR count). The summed E-state index contributed by atoms with van der Waals surface area (Å²) in [6.07, 6.45) is 4.13. The Labute approximate surface area is 183 Å².